The molecule has 3 aromatic carbocycles. The topological polar surface area (TPSA) is 118 Å². The highest BCUT2D eigenvalue weighted by Crippen LogP contribution is 2.33. The molecule has 0 aliphatic rings. The molecule has 1 atom stereocenters. The number of amides is 1. The smallest absolute Gasteiger partial charge is 0.264 e. The lowest BCUT2D eigenvalue weighted by Gasteiger charge is -2.22. The first-order chi connectivity index (χ1) is 16.7. The SMILES string of the molecule is CCOc1cc(C(Nc2ccc(C#N)cc2)C(=O)NS(=O)(=O)c2ccccc2)ccc1OC(C)C. The van der Waals surface area contributed by atoms with Crippen LogP contribution in [0.15, 0.2) is 77.7 Å². The van der Waals surface area contributed by atoms with E-state index < -0.39 is 22.0 Å². The first kappa shape index (κ1) is 25.6. The van der Waals surface area contributed by atoms with Gasteiger partial charge in [0.2, 0.25) is 0 Å². The lowest BCUT2D eigenvalue weighted by molar-refractivity contribution is -0.120. The Labute approximate surface area is 205 Å². The standard InChI is InChI=1S/C26H27N3O5S/c1-4-33-24-16-20(12-15-23(24)34-18(2)3)25(28-21-13-10-19(17-27)11-14-21)26(30)29-35(31,32)22-8-6-5-7-9-22/h5-16,18,25,28H,4H2,1-3H3,(H,29,30). The molecule has 9 heteroatoms. The third-order valence-corrected chi connectivity index (χ3v) is 6.20. The molecule has 0 saturated carbocycles. The van der Waals surface area contributed by atoms with Gasteiger partial charge >= 0.3 is 0 Å². The average Bonchev–Trinajstić information content (AvgIpc) is 2.84. The largest absolute Gasteiger partial charge is 0.490 e. The molecule has 3 aromatic rings. The summed E-state index contributed by atoms with van der Waals surface area (Å²) in [5.41, 5.74) is 1.45. The van der Waals surface area contributed by atoms with Crippen LogP contribution in [-0.2, 0) is 14.8 Å². The van der Waals surface area contributed by atoms with E-state index in [1.807, 2.05) is 26.8 Å². The fourth-order valence-corrected chi connectivity index (χ4v) is 4.30. The van der Waals surface area contributed by atoms with Gasteiger partial charge in [-0.3, -0.25) is 4.79 Å². The van der Waals surface area contributed by atoms with Crippen molar-refractivity contribution in [3.05, 3.63) is 83.9 Å². The minimum Gasteiger partial charge on any atom is -0.490 e. The van der Waals surface area contributed by atoms with Gasteiger partial charge in [-0.1, -0.05) is 24.3 Å². The zero-order valence-electron chi connectivity index (χ0n) is 19.7. The number of hydrogen-bond acceptors (Lipinski definition) is 7. The number of hydrogen-bond donors (Lipinski definition) is 2. The number of carbonyl (C=O) groups excluding carboxylic acids is 1. The average molecular weight is 494 g/mol. The second kappa shape index (κ2) is 11.4. The summed E-state index contributed by atoms with van der Waals surface area (Å²) in [7, 11) is -4.10. The quantitative estimate of drug-likeness (QED) is 0.430. The van der Waals surface area contributed by atoms with Gasteiger partial charge in [-0.05, 0) is 74.9 Å². The molecule has 0 aliphatic heterocycles. The van der Waals surface area contributed by atoms with Crippen LogP contribution < -0.4 is 19.5 Å². The van der Waals surface area contributed by atoms with Crippen molar-refractivity contribution in [1.82, 2.24) is 4.72 Å². The van der Waals surface area contributed by atoms with E-state index >= 15 is 0 Å². The Morgan fingerprint density at radius 3 is 2.29 bits per heavy atom. The molecule has 1 unspecified atom stereocenters. The summed E-state index contributed by atoms with van der Waals surface area (Å²) in [4.78, 5) is 13.3. The molecule has 1 amide bonds. The Balaban J connectivity index is 1.99. The Hall–Kier alpha value is -4.03. The highest BCUT2D eigenvalue weighted by Gasteiger charge is 2.27. The van der Waals surface area contributed by atoms with Crippen LogP contribution >= 0.6 is 0 Å². The lowest BCUT2D eigenvalue weighted by atomic mass is 10.0. The number of nitrogens with one attached hydrogen (secondary N) is 2. The van der Waals surface area contributed by atoms with Gasteiger partial charge in [0.05, 0.1) is 29.2 Å². The number of benzene rings is 3. The van der Waals surface area contributed by atoms with E-state index in [1.54, 1.807) is 60.7 Å². The van der Waals surface area contributed by atoms with Crippen molar-refractivity contribution in [3.63, 3.8) is 0 Å². The van der Waals surface area contributed by atoms with Gasteiger partial charge in [-0.15, -0.1) is 0 Å². The molecule has 0 saturated heterocycles. The molecular weight excluding hydrogens is 466 g/mol. The zero-order valence-corrected chi connectivity index (χ0v) is 20.5. The number of ether oxygens (including phenoxy) is 2. The monoisotopic (exact) mass is 493 g/mol. The predicted octanol–water partition coefficient (Wildman–Crippen LogP) is 4.40. The number of carbonyl (C=O) groups is 1. The molecule has 0 heterocycles. The highest BCUT2D eigenvalue weighted by molar-refractivity contribution is 7.90. The summed E-state index contributed by atoms with van der Waals surface area (Å²) < 4.78 is 39.3. The summed E-state index contributed by atoms with van der Waals surface area (Å²) >= 11 is 0. The van der Waals surface area contributed by atoms with Crippen molar-refractivity contribution in [2.45, 2.75) is 37.8 Å². The molecule has 0 bridgehead atoms. The van der Waals surface area contributed by atoms with Crippen LogP contribution in [0.3, 0.4) is 0 Å². The van der Waals surface area contributed by atoms with Crippen LogP contribution in [0.25, 0.3) is 0 Å². The van der Waals surface area contributed by atoms with E-state index in [4.69, 9.17) is 14.7 Å². The van der Waals surface area contributed by atoms with E-state index in [0.29, 0.717) is 34.9 Å². The molecular formula is C26H27N3O5S. The molecule has 0 fully saturated rings. The Morgan fingerprint density at radius 2 is 1.69 bits per heavy atom. The van der Waals surface area contributed by atoms with E-state index in [9.17, 15) is 13.2 Å². The fourth-order valence-electron chi connectivity index (χ4n) is 3.28. The number of nitrogens with zero attached hydrogens (tertiary/aromatic N) is 1. The van der Waals surface area contributed by atoms with Crippen LogP contribution in [0.2, 0.25) is 0 Å². The van der Waals surface area contributed by atoms with Gasteiger partial charge in [0, 0.05) is 5.69 Å². The molecule has 2 N–H and O–H groups in total. The van der Waals surface area contributed by atoms with E-state index in [0.717, 1.165) is 0 Å². The number of rotatable bonds is 10. The number of nitriles is 1. The van der Waals surface area contributed by atoms with Crippen molar-refractivity contribution in [3.8, 4) is 17.6 Å². The Morgan fingerprint density at radius 1 is 1.00 bits per heavy atom. The van der Waals surface area contributed by atoms with Gasteiger partial charge in [0.25, 0.3) is 15.9 Å². The van der Waals surface area contributed by atoms with Gasteiger partial charge < -0.3 is 14.8 Å². The summed E-state index contributed by atoms with van der Waals surface area (Å²) in [6.45, 7) is 5.99. The third kappa shape index (κ3) is 6.74. The summed E-state index contributed by atoms with van der Waals surface area (Å²) in [6.07, 6.45) is -0.0908. The Bertz CT molecular complexity index is 1300. The Kier molecular flexibility index (Phi) is 8.34. The summed E-state index contributed by atoms with van der Waals surface area (Å²) in [5.74, 6) is 0.169. The van der Waals surface area contributed by atoms with Crippen molar-refractivity contribution >= 4 is 21.6 Å². The van der Waals surface area contributed by atoms with Gasteiger partial charge in [-0.25, -0.2) is 13.1 Å². The maximum atomic E-state index is 13.3. The molecule has 8 nitrogen and oxygen atoms in total. The van der Waals surface area contributed by atoms with Crippen molar-refractivity contribution in [2.24, 2.45) is 0 Å². The van der Waals surface area contributed by atoms with E-state index in [2.05, 4.69) is 10.0 Å². The van der Waals surface area contributed by atoms with Crippen molar-refractivity contribution in [2.75, 3.05) is 11.9 Å². The minimum atomic E-state index is -4.10. The van der Waals surface area contributed by atoms with E-state index in [1.165, 1.54) is 12.1 Å². The second-order valence-electron chi connectivity index (χ2n) is 7.86. The summed E-state index contributed by atoms with van der Waals surface area (Å²) in [5, 5.41) is 12.1. The number of sulfonamides is 1. The van der Waals surface area contributed by atoms with Crippen LogP contribution in [0.1, 0.15) is 37.9 Å². The molecule has 0 spiro atoms. The van der Waals surface area contributed by atoms with Gasteiger partial charge in [0.1, 0.15) is 6.04 Å². The summed E-state index contributed by atoms with van der Waals surface area (Å²) in [6, 6.07) is 20.1. The van der Waals surface area contributed by atoms with Crippen LogP contribution in [0.4, 0.5) is 5.69 Å². The normalized spacial score (nSPS) is 11.9. The molecule has 3 rings (SSSR count). The van der Waals surface area contributed by atoms with Crippen molar-refractivity contribution in [1.29, 1.82) is 5.26 Å². The second-order valence-corrected chi connectivity index (χ2v) is 9.54. The van der Waals surface area contributed by atoms with Crippen molar-refractivity contribution < 1.29 is 22.7 Å². The fraction of sp³-hybridized carbons (Fsp3) is 0.231. The first-order valence-corrected chi connectivity index (χ1v) is 12.5. The maximum Gasteiger partial charge on any atom is 0.264 e. The lowest BCUT2D eigenvalue weighted by Crippen LogP contribution is -2.37. The van der Waals surface area contributed by atoms with Crippen LogP contribution in [0, 0.1) is 11.3 Å². The zero-order chi connectivity index (χ0) is 25.4. The maximum absolute atomic E-state index is 13.3. The highest BCUT2D eigenvalue weighted by atomic mass is 32.2. The van der Waals surface area contributed by atoms with Crippen LogP contribution in [0.5, 0.6) is 11.5 Å². The molecule has 0 aromatic heterocycles. The molecule has 35 heavy (non-hydrogen) atoms. The minimum absolute atomic E-state index is 0.0267. The third-order valence-electron chi connectivity index (χ3n) is 4.84. The van der Waals surface area contributed by atoms with E-state index in [-0.39, 0.29) is 11.0 Å². The van der Waals surface area contributed by atoms with Gasteiger partial charge in [0.15, 0.2) is 11.5 Å². The number of anilines is 1. The van der Waals surface area contributed by atoms with Crippen LogP contribution in [-0.4, -0.2) is 27.0 Å². The molecule has 0 radical (unpaired) electrons. The first-order valence-electron chi connectivity index (χ1n) is 11.0. The molecule has 0 aliphatic carbocycles. The molecule has 182 valence electrons. The predicted molar refractivity (Wildman–Crippen MR) is 133 cm³/mol. The van der Waals surface area contributed by atoms with Gasteiger partial charge in [-0.2, -0.15) is 5.26 Å².